The summed E-state index contributed by atoms with van der Waals surface area (Å²) in [6, 6.07) is 29.6. The largest absolute Gasteiger partial charge is 0.489 e. The van der Waals surface area contributed by atoms with E-state index >= 15 is 0 Å². The number of aryl methyl sites for hydroxylation is 1. The van der Waals surface area contributed by atoms with Gasteiger partial charge in [-0.1, -0.05) is 72.8 Å². The van der Waals surface area contributed by atoms with Gasteiger partial charge in [-0.3, -0.25) is 4.79 Å². The first-order valence-electron chi connectivity index (χ1n) is 12.8. The summed E-state index contributed by atoms with van der Waals surface area (Å²) in [7, 11) is 0. The van der Waals surface area contributed by atoms with Gasteiger partial charge in [0.25, 0.3) is 0 Å². The summed E-state index contributed by atoms with van der Waals surface area (Å²) in [5.74, 6) is 1.01. The Morgan fingerprint density at radius 2 is 1.62 bits per heavy atom. The van der Waals surface area contributed by atoms with Crippen LogP contribution in [0, 0.1) is 6.92 Å². The van der Waals surface area contributed by atoms with Crippen molar-refractivity contribution in [2.24, 2.45) is 0 Å². The fourth-order valence-corrected chi connectivity index (χ4v) is 4.50. The second-order valence-corrected chi connectivity index (χ2v) is 9.24. The number of hydrogen-bond donors (Lipinski definition) is 0. The van der Waals surface area contributed by atoms with Crippen LogP contribution in [0.3, 0.4) is 0 Å². The molecule has 40 heavy (non-hydrogen) atoms. The number of rotatable bonds is 7. The Bertz CT molecular complexity index is 1780. The van der Waals surface area contributed by atoms with Crippen molar-refractivity contribution in [2.75, 3.05) is 0 Å². The van der Waals surface area contributed by atoms with Crippen LogP contribution in [0.2, 0.25) is 0 Å². The van der Waals surface area contributed by atoms with Crippen LogP contribution < -0.4 is 14.2 Å². The van der Waals surface area contributed by atoms with E-state index in [-0.39, 0.29) is 17.3 Å². The molecule has 0 N–H and O–H groups in total. The molecule has 0 saturated carbocycles. The molecule has 0 unspecified atom stereocenters. The average molecular weight is 529 g/mol. The van der Waals surface area contributed by atoms with Crippen molar-refractivity contribution in [3.63, 3.8) is 0 Å². The quantitative estimate of drug-likeness (QED) is 0.122. The van der Waals surface area contributed by atoms with E-state index in [4.69, 9.17) is 18.6 Å². The molecule has 0 amide bonds. The zero-order valence-corrected chi connectivity index (χ0v) is 21.6. The standard InChI is InChI=1S/C34H24O6/c1-22-32(28-19-25(16-18-29(28)38-22)37-21-24-11-6-3-7-12-24)34(36)39-26-15-17-27-31(20-26)40-30(33(27)35)14-8-13-23-9-4-2-5-10-23/h2-20H,21H2,1H3/b13-8+,30-14-. The Kier molecular flexibility index (Phi) is 6.73. The molecule has 0 saturated heterocycles. The highest BCUT2D eigenvalue weighted by molar-refractivity contribution is 6.12. The van der Waals surface area contributed by atoms with E-state index in [0.29, 0.717) is 46.0 Å². The lowest BCUT2D eigenvalue weighted by molar-refractivity contribution is 0.0734. The maximum Gasteiger partial charge on any atom is 0.347 e. The first-order chi connectivity index (χ1) is 19.5. The zero-order valence-electron chi connectivity index (χ0n) is 21.6. The molecule has 196 valence electrons. The molecule has 0 atom stereocenters. The third-order valence-corrected chi connectivity index (χ3v) is 6.48. The smallest absolute Gasteiger partial charge is 0.347 e. The Labute approximate surface area is 230 Å². The first-order valence-corrected chi connectivity index (χ1v) is 12.8. The number of fused-ring (bicyclic) bond motifs is 2. The van der Waals surface area contributed by atoms with Crippen molar-refractivity contribution >= 4 is 28.8 Å². The lowest BCUT2D eigenvalue weighted by Gasteiger charge is -2.07. The van der Waals surface area contributed by atoms with Gasteiger partial charge in [0, 0.05) is 11.5 Å². The molecule has 0 spiro atoms. The minimum absolute atomic E-state index is 0.199. The van der Waals surface area contributed by atoms with Crippen molar-refractivity contribution in [1.29, 1.82) is 0 Å². The summed E-state index contributed by atoms with van der Waals surface area (Å²) >= 11 is 0. The molecule has 0 radical (unpaired) electrons. The summed E-state index contributed by atoms with van der Waals surface area (Å²) in [6.45, 7) is 2.11. The van der Waals surface area contributed by atoms with E-state index in [9.17, 15) is 9.59 Å². The summed E-state index contributed by atoms with van der Waals surface area (Å²) in [4.78, 5) is 26.0. The first kappa shape index (κ1) is 24.9. The van der Waals surface area contributed by atoms with Gasteiger partial charge in [-0.15, -0.1) is 0 Å². The highest BCUT2D eigenvalue weighted by atomic mass is 16.5. The van der Waals surface area contributed by atoms with E-state index in [2.05, 4.69) is 0 Å². The number of allylic oxidation sites excluding steroid dienone is 3. The van der Waals surface area contributed by atoms with Crippen LogP contribution in [-0.4, -0.2) is 11.8 Å². The maximum atomic E-state index is 13.3. The summed E-state index contributed by atoms with van der Waals surface area (Å²) in [5.41, 5.74) is 3.31. The third kappa shape index (κ3) is 5.15. The van der Waals surface area contributed by atoms with Crippen LogP contribution in [0.1, 0.15) is 37.6 Å². The van der Waals surface area contributed by atoms with Crippen LogP contribution >= 0.6 is 0 Å². The van der Waals surface area contributed by atoms with Crippen molar-refractivity contribution in [1.82, 2.24) is 0 Å². The SMILES string of the molecule is Cc1oc2ccc(OCc3ccccc3)cc2c1C(=O)Oc1ccc2c(c1)O/C(=C\C=C\c1ccccc1)C2=O. The van der Waals surface area contributed by atoms with Crippen LogP contribution in [0.5, 0.6) is 17.2 Å². The fourth-order valence-electron chi connectivity index (χ4n) is 4.50. The molecular weight excluding hydrogens is 504 g/mol. The van der Waals surface area contributed by atoms with E-state index in [1.165, 1.54) is 0 Å². The van der Waals surface area contributed by atoms with Crippen LogP contribution in [0.25, 0.3) is 17.0 Å². The highest BCUT2D eigenvalue weighted by Crippen LogP contribution is 2.35. The molecule has 1 aromatic heterocycles. The summed E-state index contributed by atoms with van der Waals surface area (Å²) in [6.07, 6.45) is 5.27. The molecule has 1 aliphatic heterocycles. The molecular formula is C34H24O6. The van der Waals surface area contributed by atoms with Crippen molar-refractivity contribution in [3.05, 3.63) is 143 Å². The maximum absolute atomic E-state index is 13.3. The lowest BCUT2D eigenvalue weighted by Crippen LogP contribution is -2.09. The number of furan rings is 1. The lowest BCUT2D eigenvalue weighted by atomic mass is 10.1. The Balaban J connectivity index is 1.18. The normalized spacial score (nSPS) is 13.5. The molecule has 4 aromatic carbocycles. The Morgan fingerprint density at radius 1 is 0.875 bits per heavy atom. The van der Waals surface area contributed by atoms with E-state index < -0.39 is 5.97 Å². The topological polar surface area (TPSA) is 75.0 Å². The Hall–Kier alpha value is -5.36. The minimum atomic E-state index is -0.581. The van der Waals surface area contributed by atoms with Gasteiger partial charge in [0.2, 0.25) is 5.78 Å². The van der Waals surface area contributed by atoms with Gasteiger partial charge in [-0.25, -0.2) is 4.79 Å². The second kappa shape index (κ2) is 10.8. The van der Waals surface area contributed by atoms with Gasteiger partial charge in [0.05, 0.1) is 5.56 Å². The van der Waals surface area contributed by atoms with Crippen molar-refractivity contribution < 1.29 is 28.2 Å². The van der Waals surface area contributed by atoms with E-state index in [0.717, 1.165) is 11.1 Å². The number of carbonyl (C=O) groups is 2. The number of esters is 1. The van der Waals surface area contributed by atoms with Crippen molar-refractivity contribution in [2.45, 2.75) is 13.5 Å². The minimum Gasteiger partial charge on any atom is -0.489 e. The fraction of sp³-hybridized carbons (Fsp3) is 0.0588. The van der Waals surface area contributed by atoms with Crippen LogP contribution in [0.15, 0.2) is 119 Å². The number of benzene rings is 4. The molecule has 6 heteroatoms. The highest BCUT2D eigenvalue weighted by Gasteiger charge is 2.28. The van der Waals surface area contributed by atoms with E-state index in [1.54, 1.807) is 55.5 Å². The number of carbonyl (C=O) groups excluding carboxylic acids is 2. The molecule has 5 aromatic rings. The number of ether oxygens (including phenoxy) is 3. The van der Waals surface area contributed by atoms with Gasteiger partial charge in [0.1, 0.15) is 40.8 Å². The summed E-state index contributed by atoms with van der Waals surface area (Å²) in [5, 5.41) is 0.594. The molecule has 0 aliphatic carbocycles. The van der Waals surface area contributed by atoms with Crippen LogP contribution in [0.4, 0.5) is 0 Å². The van der Waals surface area contributed by atoms with Gasteiger partial charge in [0.15, 0.2) is 5.76 Å². The molecule has 6 nitrogen and oxygen atoms in total. The molecule has 1 aliphatic rings. The molecule has 6 rings (SSSR count). The summed E-state index contributed by atoms with van der Waals surface area (Å²) < 4.78 is 23.2. The van der Waals surface area contributed by atoms with Gasteiger partial charge >= 0.3 is 5.97 Å². The van der Waals surface area contributed by atoms with Crippen LogP contribution in [-0.2, 0) is 6.61 Å². The number of hydrogen-bond acceptors (Lipinski definition) is 6. The zero-order chi connectivity index (χ0) is 27.5. The molecule has 2 heterocycles. The van der Waals surface area contributed by atoms with Gasteiger partial charge < -0.3 is 18.6 Å². The monoisotopic (exact) mass is 528 g/mol. The predicted molar refractivity (Wildman–Crippen MR) is 152 cm³/mol. The molecule has 0 bridgehead atoms. The predicted octanol–water partition coefficient (Wildman–Crippen LogP) is 7.71. The van der Waals surface area contributed by atoms with E-state index in [1.807, 2.05) is 66.7 Å². The van der Waals surface area contributed by atoms with Gasteiger partial charge in [-0.05, 0) is 54.5 Å². The Morgan fingerprint density at radius 3 is 2.42 bits per heavy atom. The molecule has 0 fully saturated rings. The second-order valence-electron chi connectivity index (χ2n) is 9.24. The van der Waals surface area contributed by atoms with Gasteiger partial charge in [-0.2, -0.15) is 0 Å². The number of Topliss-reactive ketones (excluding diaryl/α,β-unsaturated/α-hetero) is 1. The van der Waals surface area contributed by atoms with Crippen molar-refractivity contribution in [3.8, 4) is 17.2 Å². The number of ketones is 1. The third-order valence-electron chi connectivity index (χ3n) is 6.48. The average Bonchev–Trinajstić information content (AvgIpc) is 3.47.